The highest BCUT2D eigenvalue weighted by atomic mass is 19.1. The van der Waals surface area contributed by atoms with Gasteiger partial charge in [-0.25, -0.2) is 4.39 Å². The van der Waals surface area contributed by atoms with E-state index in [-0.39, 0.29) is 49.4 Å². The minimum atomic E-state index is -0.532. The van der Waals surface area contributed by atoms with Crippen molar-refractivity contribution in [3.05, 3.63) is 71.0 Å². The molecule has 1 saturated heterocycles. The van der Waals surface area contributed by atoms with Gasteiger partial charge in [0, 0.05) is 25.3 Å². The maximum atomic E-state index is 13.1. The number of hydrogen-bond donors (Lipinski definition) is 0. The first-order valence-electron chi connectivity index (χ1n) is 10.1. The van der Waals surface area contributed by atoms with Gasteiger partial charge in [0.1, 0.15) is 18.1 Å². The molecule has 0 N–H and O–H groups in total. The lowest BCUT2D eigenvalue weighted by Crippen LogP contribution is -2.34. The van der Waals surface area contributed by atoms with Gasteiger partial charge >= 0.3 is 5.97 Å². The van der Waals surface area contributed by atoms with Gasteiger partial charge in [-0.15, -0.1) is 0 Å². The summed E-state index contributed by atoms with van der Waals surface area (Å²) >= 11 is 0. The number of Topliss-reactive ketones (excluding diaryl/α,β-unsaturated/α-hetero) is 1. The maximum Gasteiger partial charge on any atom is 0.325 e. The Morgan fingerprint density at radius 1 is 1.10 bits per heavy atom. The van der Waals surface area contributed by atoms with Crippen LogP contribution in [0.1, 0.15) is 36.0 Å². The highest BCUT2D eigenvalue weighted by molar-refractivity contribution is 5.91. The molecule has 3 rings (SSSR count). The summed E-state index contributed by atoms with van der Waals surface area (Å²) in [5, 5.41) is 0. The number of carbonyl (C=O) groups excluding carboxylic acids is 3. The number of esters is 1. The van der Waals surface area contributed by atoms with E-state index in [4.69, 9.17) is 4.74 Å². The van der Waals surface area contributed by atoms with Gasteiger partial charge in [0.25, 0.3) is 0 Å². The average molecular weight is 411 g/mol. The Bertz CT molecular complexity index is 908. The van der Waals surface area contributed by atoms with Gasteiger partial charge in [-0.05, 0) is 37.1 Å². The van der Waals surface area contributed by atoms with Crippen LogP contribution in [0, 0.1) is 18.7 Å². The largest absolute Gasteiger partial charge is 0.465 e. The molecule has 1 aliphatic rings. The molecule has 158 valence electrons. The topological polar surface area (TPSA) is 63.7 Å². The van der Waals surface area contributed by atoms with Crippen molar-refractivity contribution in [2.24, 2.45) is 5.92 Å². The summed E-state index contributed by atoms with van der Waals surface area (Å²) in [6.07, 6.45) is 0.219. The molecule has 0 saturated carbocycles. The zero-order valence-electron chi connectivity index (χ0n) is 17.3. The number of likely N-dealkylation sites (tertiary alicyclic amines) is 1. The molecule has 0 spiro atoms. The number of rotatable bonds is 8. The molecule has 1 heterocycles. The van der Waals surface area contributed by atoms with Gasteiger partial charge < -0.3 is 9.64 Å². The zero-order chi connectivity index (χ0) is 21.7. The summed E-state index contributed by atoms with van der Waals surface area (Å²) in [6.45, 7) is 4.21. The number of nitrogens with zero attached hydrogens (tertiary/aromatic N) is 1. The molecule has 0 unspecified atom stereocenters. The fraction of sp³-hybridized carbons (Fsp3) is 0.375. The molecule has 0 aromatic heterocycles. The predicted octanol–water partition coefficient (Wildman–Crippen LogP) is 3.44. The molecule has 2 aromatic rings. The van der Waals surface area contributed by atoms with E-state index in [0.29, 0.717) is 12.1 Å². The van der Waals surface area contributed by atoms with Crippen molar-refractivity contribution in [1.29, 1.82) is 0 Å². The highest BCUT2D eigenvalue weighted by Gasteiger charge is 2.42. The fourth-order valence-electron chi connectivity index (χ4n) is 3.89. The third-order valence-electron chi connectivity index (χ3n) is 5.42. The van der Waals surface area contributed by atoms with Gasteiger partial charge in [-0.2, -0.15) is 0 Å². The van der Waals surface area contributed by atoms with E-state index < -0.39 is 11.9 Å². The Labute approximate surface area is 175 Å². The normalized spacial score (nSPS) is 18.5. The summed E-state index contributed by atoms with van der Waals surface area (Å²) < 4.78 is 18.1. The van der Waals surface area contributed by atoms with Crippen LogP contribution in [0.3, 0.4) is 0 Å². The second-order valence-electron chi connectivity index (χ2n) is 7.69. The number of aryl methyl sites for hydroxylation is 1. The fourth-order valence-corrected chi connectivity index (χ4v) is 3.89. The number of benzene rings is 2. The van der Waals surface area contributed by atoms with Crippen molar-refractivity contribution in [3.63, 3.8) is 0 Å². The van der Waals surface area contributed by atoms with Gasteiger partial charge in [0.05, 0.1) is 12.5 Å². The van der Waals surface area contributed by atoms with Gasteiger partial charge in [-0.3, -0.25) is 14.4 Å². The zero-order valence-corrected chi connectivity index (χ0v) is 17.3. The van der Waals surface area contributed by atoms with Crippen molar-refractivity contribution in [1.82, 2.24) is 4.90 Å². The molecule has 0 radical (unpaired) electrons. The standard InChI is InChI=1S/C24H26FNO4/c1-3-30-23(28)15-26-14-22(18-8-4-16(2)5-9-18)21(24(26)29)13-20(27)12-17-6-10-19(25)11-7-17/h4-11,21-22H,3,12-15H2,1-2H3/t21-,22-/m0/s1. The van der Waals surface area contributed by atoms with E-state index in [1.807, 2.05) is 31.2 Å². The Morgan fingerprint density at radius 3 is 2.40 bits per heavy atom. The number of hydrogen-bond acceptors (Lipinski definition) is 4. The molecule has 30 heavy (non-hydrogen) atoms. The first kappa shape index (κ1) is 21.7. The smallest absolute Gasteiger partial charge is 0.325 e. The van der Waals surface area contributed by atoms with Crippen LogP contribution >= 0.6 is 0 Å². The number of amides is 1. The van der Waals surface area contributed by atoms with Crippen LogP contribution in [0.15, 0.2) is 48.5 Å². The minimum Gasteiger partial charge on any atom is -0.465 e. The summed E-state index contributed by atoms with van der Waals surface area (Å²) in [7, 11) is 0. The van der Waals surface area contributed by atoms with Gasteiger partial charge in [-0.1, -0.05) is 42.0 Å². The molecule has 5 nitrogen and oxygen atoms in total. The molecule has 0 aliphatic carbocycles. The molecular weight excluding hydrogens is 385 g/mol. The van der Waals surface area contributed by atoms with Crippen LogP contribution in [-0.4, -0.2) is 42.3 Å². The third kappa shape index (κ3) is 5.32. The second-order valence-corrected chi connectivity index (χ2v) is 7.69. The van der Waals surface area contributed by atoms with Crippen LogP contribution in [0.2, 0.25) is 0 Å². The lowest BCUT2D eigenvalue weighted by molar-refractivity contribution is -0.148. The number of halogens is 1. The van der Waals surface area contributed by atoms with E-state index in [9.17, 15) is 18.8 Å². The summed E-state index contributed by atoms with van der Waals surface area (Å²) in [5.41, 5.74) is 2.79. The predicted molar refractivity (Wildman–Crippen MR) is 110 cm³/mol. The first-order chi connectivity index (χ1) is 14.4. The number of ether oxygens (including phenoxy) is 1. The molecule has 6 heteroatoms. The van der Waals surface area contributed by atoms with Crippen LogP contribution in [-0.2, 0) is 25.5 Å². The van der Waals surface area contributed by atoms with Gasteiger partial charge in [0.15, 0.2) is 0 Å². The van der Waals surface area contributed by atoms with Crippen molar-refractivity contribution in [3.8, 4) is 0 Å². The Kier molecular flexibility index (Phi) is 6.98. The quantitative estimate of drug-likeness (QED) is 0.625. The lowest BCUT2D eigenvalue weighted by atomic mass is 9.84. The summed E-state index contributed by atoms with van der Waals surface area (Å²) in [5.74, 6) is -1.81. The molecule has 0 bridgehead atoms. The van der Waals surface area contributed by atoms with Crippen LogP contribution in [0.25, 0.3) is 0 Å². The molecule has 1 fully saturated rings. The molecule has 1 aliphatic heterocycles. The molecule has 2 atom stereocenters. The maximum absolute atomic E-state index is 13.1. The Balaban J connectivity index is 1.77. The van der Waals surface area contributed by atoms with E-state index in [1.165, 1.54) is 17.0 Å². The van der Waals surface area contributed by atoms with E-state index in [0.717, 1.165) is 11.1 Å². The first-order valence-corrected chi connectivity index (χ1v) is 10.1. The van der Waals surface area contributed by atoms with Crippen LogP contribution < -0.4 is 0 Å². The van der Waals surface area contributed by atoms with Crippen molar-refractivity contribution >= 4 is 17.7 Å². The summed E-state index contributed by atoms with van der Waals surface area (Å²) in [6, 6.07) is 13.7. The number of carbonyl (C=O) groups is 3. The van der Waals surface area contributed by atoms with E-state index in [2.05, 4.69) is 0 Å². The lowest BCUT2D eigenvalue weighted by Gasteiger charge is -2.17. The third-order valence-corrected chi connectivity index (χ3v) is 5.42. The Hall–Kier alpha value is -3.02. The Morgan fingerprint density at radius 2 is 1.77 bits per heavy atom. The van der Waals surface area contributed by atoms with Gasteiger partial charge in [0.2, 0.25) is 5.91 Å². The van der Waals surface area contributed by atoms with Crippen LogP contribution in [0.4, 0.5) is 4.39 Å². The minimum absolute atomic E-state index is 0.0775. The highest BCUT2D eigenvalue weighted by Crippen LogP contribution is 2.36. The summed E-state index contributed by atoms with van der Waals surface area (Å²) in [4.78, 5) is 39.2. The van der Waals surface area contributed by atoms with Crippen molar-refractivity contribution in [2.75, 3.05) is 19.7 Å². The molecule has 1 amide bonds. The van der Waals surface area contributed by atoms with Crippen molar-refractivity contribution < 1.29 is 23.5 Å². The second kappa shape index (κ2) is 9.65. The number of ketones is 1. The molecular formula is C24H26FNO4. The average Bonchev–Trinajstić information content (AvgIpc) is 3.00. The van der Waals surface area contributed by atoms with Crippen LogP contribution in [0.5, 0.6) is 0 Å². The SMILES string of the molecule is CCOC(=O)CN1C[C@@H](c2ccc(C)cc2)[C@H](CC(=O)Cc2ccc(F)cc2)C1=O. The van der Waals surface area contributed by atoms with E-state index >= 15 is 0 Å². The molecule has 2 aromatic carbocycles. The van der Waals surface area contributed by atoms with Crippen molar-refractivity contribution in [2.45, 2.75) is 32.6 Å². The van der Waals surface area contributed by atoms with E-state index in [1.54, 1.807) is 19.1 Å². The monoisotopic (exact) mass is 411 g/mol.